The van der Waals surface area contributed by atoms with Crippen molar-refractivity contribution in [2.24, 2.45) is 5.73 Å². The van der Waals surface area contributed by atoms with E-state index < -0.39 is 46.8 Å². The number of ether oxygens (including phenoxy) is 1. The Balaban J connectivity index is 1.61. The van der Waals surface area contributed by atoms with Crippen LogP contribution in [0.2, 0.25) is 0 Å². The first-order chi connectivity index (χ1) is 17.8. The summed E-state index contributed by atoms with van der Waals surface area (Å²) in [6.07, 6.45) is 0.455. The van der Waals surface area contributed by atoms with Crippen molar-refractivity contribution in [1.29, 1.82) is 0 Å². The number of hydrogen-bond donors (Lipinski definition) is 6. The molecule has 7 N–H and O–H groups in total. The first-order valence-corrected chi connectivity index (χ1v) is 11.9. The number of rotatable bonds is 4. The van der Waals surface area contributed by atoms with E-state index in [9.17, 15) is 24.9 Å². The highest BCUT2D eigenvalue weighted by molar-refractivity contribution is 6.31. The minimum absolute atomic E-state index is 0.0443. The van der Waals surface area contributed by atoms with Gasteiger partial charge in [-0.2, -0.15) is 0 Å². The number of aliphatic hydroxyl groups is 2. The molecular weight excluding hydrogens is 474 g/mol. The van der Waals surface area contributed by atoms with E-state index in [1.807, 2.05) is 0 Å². The molecule has 37 heavy (non-hydrogen) atoms. The number of hydrogen-bond acceptors (Lipinski definition) is 9. The summed E-state index contributed by atoms with van der Waals surface area (Å²) in [4.78, 5) is 27.5. The highest BCUT2D eigenvalue weighted by atomic mass is 16.7. The smallest absolute Gasteiger partial charge is 0.198 e. The van der Waals surface area contributed by atoms with Gasteiger partial charge in [0.1, 0.15) is 11.8 Å². The second-order valence-electron chi connectivity index (χ2n) is 9.40. The Morgan fingerprint density at radius 1 is 1.14 bits per heavy atom. The van der Waals surface area contributed by atoms with Gasteiger partial charge in [0.15, 0.2) is 28.9 Å². The highest BCUT2D eigenvalue weighted by Crippen LogP contribution is 2.67. The average molecular weight is 498 g/mol. The molecule has 2 aromatic carbocycles. The van der Waals surface area contributed by atoms with E-state index >= 15 is 0 Å². The van der Waals surface area contributed by atoms with Gasteiger partial charge in [0, 0.05) is 35.5 Å². The van der Waals surface area contributed by atoms with Crippen LogP contribution in [0.4, 0.5) is 11.4 Å². The number of allylic oxidation sites excluding steroid dienone is 2. The van der Waals surface area contributed by atoms with Crippen LogP contribution in [0.3, 0.4) is 0 Å². The van der Waals surface area contributed by atoms with Gasteiger partial charge in [0.25, 0.3) is 0 Å². The van der Waals surface area contributed by atoms with E-state index in [1.165, 1.54) is 25.1 Å². The third-order valence-electron chi connectivity index (χ3n) is 7.43. The Hall–Kier alpha value is -4.12. The lowest BCUT2D eigenvalue weighted by Gasteiger charge is -2.37. The first-order valence-electron chi connectivity index (χ1n) is 11.9. The average Bonchev–Trinajstić information content (AvgIpc) is 3.61. The summed E-state index contributed by atoms with van der Waals surface area (Å²) in [5, 5.41) is 39.4. The number of carbonyl (C=O) groups excluding carboxylic acids is 2. The molecule has 0 aromatic heterocycles. The van der Waals surface area contributed by atoms with Gasteiger partial charge >= 0.3 is 0 Å². The van der Waals surface area contributed by atoms with Crippen molar-refractivity contribution in [3.63, 3.8) is 0 Å². The molecule has 2 aliphatic heterocycles. The molecule has 9 nitrogen and oxygen atoms in total. The molecule has 2 bridgehead atoms. The van der Waals surface area contributed by atoms with Gasteiger partial charge in [-0.25, -0.2) is 0 Å². The fraction of sp³-hybridized carbons (Fsp3) is 0.286. The zero-order valence-electron chi connectivity index (χ0n) is 19.8. The van der Waals surface area contributed by atoms with Crippen molar-refractivity contribution in [2.45, 2.75) is 36.4 Å². The quantitative estimate of drug-likeness (QED) is 0.173. The number of anilines is 2. The number of epoxide rings is 1. The van der Waals surface area contributed by atoms with E-state index in [4.69, 9.17) is 10.5 Å². The molecule has 5 atom stereocenters. The fourth-order valence-electron chi connectivity index (χ4n) is 5.77. The van der Waals surface area contributed by atoms with Crippen LogP contribution in [0, 0.1) is 23.7 Å². The van der Waals surface area contributed by atoms with Crippen LogP contribution in [-0.2, 0) is 10.3 Å². The predicted octanol–water partition coefficient (Wildman–Crippen LogP) is 0.615. The zero-order valence-corrected chi connectivity index (χ0v) is 19.8. The van der Waals surface area contributed by atoms with Crippen molar-refractivity contribution in [2.75, 3.05) is 23.7 Å². The fourth-order valence-corrected chi connectivity index (χ4v) is 5.77. The molecule has 9 heteroatoms. The van der Waals surface area contributed by atoms with Gasteiger partial charge in [-0.3, -0.25) is 9.59 Å². The molecule has 0 amide bonds. The van der Waals surface area contributed by atoms with Gasteiger partial charge in [0.05, 0.1) is 22.9 Å². The Bertz CT molecular complexity index is 1560. The van der Waals surface area contributed by atoms with E-state index in [2.05, 4.69) is 34.3 Å². The van der Waals surface area contributed by atoms with Crippen LogP contribution in [0.15, 0.2) is 36.4 Å². The summed E-state index contributed by atoms with van der Waals surface area (Å²) in [5.74, 6) is 9.84. The number of carbonyl (C=O) groups is 2. The van der Waals surface area contributed by atoms with Crippen molar-refractivity contribution in [3.8, 4) is 29.4 Å². The van der Waals surface area contributed by atoms with Crippen LogP contribution in [0.5, 0.6) is 5.75 Å². The van der Waals surface area contributed by atoms with Crippen LogP contribution in [0.25, 0.3) is 0 Å². The molecular formula is C28H23N3O6. The minimum atomic E-state index is -1.60. The number of aliphatic hydroxyl groups excluding tert-OH is 2. The van der Waals surface area contributed by atoms with Crippen LogP contribution < -0.4 is 16.4 Å². The molecule has 0 saturated carbocycles. The molecule has 2 heterocycles. The van der Waals surface area contributed by atoms with Gasteiger partial charge in [0.2, 0.25) is 0 Å². The lowest BCUT2D eigenvalue weighted by molar-refractivity contribution is 0.0867. The second kappa shape index (κ2) is 7.94. The Morgan fingerprint density at radius 3 is 2.59 bits per heavy atom. The normalized spacial score (nSPS) is 29.4. The monoisotopic (exact) mass is 497 g/mol. The summed E-state index contributed by atoms with van der Waals surface area (Å²) < 4.78 is 6.16. The SMILES string of the molecule is CC(O)[C@]12O[C@]13c1cc(O)c4c(c1N[C@H]2C#C/C=C\C#C[C@H]3O)C(=O)c1cc(NCCN)ccc1C4=O. The molecule has 2 aliphatic carbocycles. The van der Waals surface area contributed by atoms with Crippen LogP contribution in [0.1, 0.15) is 44.3 Å². The standard InChI is InChI=1S/C28H23N3O6/c1-14(32)27-20-6-4-2-3-5-7-21(34)28(27,37-27)18-13-19(33)22-23(24(18)31-20)26(36)17-12-15(30-11-10-29)8-9-16(17)25(22)35/h2-3,8-9,12-14,20-21,30-34H,10-11,29H2,1H3/b3-2-/t14?,20-,21+,27+,28-/m0/s1. The van der Waals surface area contributed by atoms with Gasteiger partial charge in [-0.15, -0.1) is 0 Å². The number of phenols is 1. The summed E-state index contributed by atoms with van der Waals surface area (Å²) in [5.41, 5.74) is 3.75. The molecule has 0 radical (unpaired) electrons. The van der Waals surface area contributed by atoms with E-state index in [1.54, 1.807) is 18.2 Å². The minimum Gasteiger partial charge on any atom is -0.507 e. The number of nitrogens with two attached hydrogens (primary N) is 1. The number of nitrogens with one attached hydrogen (secondary N) is 2. The van der Waals surface area contributed by atoms with Crippen molar-refractivity contribution in [3.05, 3.63) is 64.2 Å². The lowest BCUT2D eigenvalue weighted by Crippen LogP contribution is -2.54. The molecule has 6 rings (SSSR count). The number of ketones is 2. The van der Waals surface area contributed by atoms with Crippen molar-refractivity contribution in [1.82, 2.24) is 0 Å². The van der Waals surface area contributed by atoms with Gasteiger partial charge in [-0.05, 0) is 43.3 Å². The summed E-state index contributed by atoms with van der Waals surface area (Å²) >= 11 is 0. The van der Waals surface area contributed by atoms with Crippen molar-refractivity contribution >= 4 is 22.9 Å². The third-order valence-corrected chi connectivity index (χ3v) is 7.43. The maximum Gasteiger partial charge on any atom is 0.198 e. The Kier molecular flexibility index (Phi) is 5.00. The molecule has 4 aliphatic rings. The lowest BCUT2D eigenvalue weighted by atomic mass is 9.69. The van der Waals surface area contributed by atoms with E-state index in [-0.39, 0.29) is 33.5 Å². The number of fused-ring (bicyclic) bond motifs is 4. The zero-order chi connectivity index (χ0) is 26.1. The summed E-state index contributed by atoms with van der Waals surface area (Å²) in [6, 6.07) is 5.23. The summed E-state index contributed by atoms with van der Waals surface area (Å²) in [7, 11) is 0. The molecule has 1 saturated heterocycles. The number of aromatic hydroxyl groups is 1. The Labute approximate surface area is 212 Å². The maximum atomic E-state index is 13.9. The molecule has 2 aromatic rings. The van der Waals surface area contributed by atoms with E-state index in [0.717, 1.165) is 0 Å². The Morgan fingerprint density at radius 2 is 1.86 bits per heavy atom. The molecule has 1 unspecified atom stereocenters. The van der Waals surface area contributed by atoms with Gasteiger partial charge < -0.3 is 36.4 Å². The topological polar surface area (TPSA) is 157 Å². The highest BCUT2D eigenvalue weighted by Gasteiger charge is 2.82. The molecule has 1 fully saturated rings. The van der Waals surface area contributed by atoms with Crippen molar-refractivity contribution < 1.29 is 29.6 Å². The first kappa shape index (κ1) is 23.3. The number of benzene rings is 2. The van der Waals surface area contributed by atoms with Gasteiger partial charge in [-0.1, -0.05) is 23.7 Å². The third kappa shape index (κ3) is 2.91. The number of phenolic OH excluding ortho intramolecular Hbond substituents is 1. The predicted molar refractivity (Wildman–Crippen MR) is 134 cm³/mol. The molecule has 186 valence electrons. The van der Waals surface area contributed by atoms with Crippen LogP contribution >= 0.6 is 0 Å². The largest absolute Gasteiger partial charge is 0.507 e. The van der Waals surface area contributed by atoms with Crippen LogP contribution in [-0.4, -0.2) is 63.8 Å². The van der Waals surface area contributed by atoms with E-state index in [0.29, 0.717) is 18.8 Å². The molecule has 0 spiro atoms. The maximum absolute atomic E-state index is 13.9. The second-order valence-corrected chi connectivity index (χ2v) is 9.40. The summed E-state index contributed by atoms with van der Waals surface area (Å²) in [6.45, 7) is 2.38.